The van der Waals surface area contributed by atoms with Crippen LogP contribution in [0.3, 0.4) is 0 Å². The molecule has 1 aromatic carbocycles. The Morgan fingerprint density at radius 2 is 1.79 bits per heavy atom. The Morgan fingerprint density at radius 3 is 2.38 bits per heavy atom. The van der Waals surface area contributed by atoms with Gasteiger partial charge in [0.25, 0.3) is 0 Å². The van der Waals surface area contributed by atoms with E-state index >= 15 is 0 Å². The van der Waals surface area contributed by atoms with Crippen molar-refractivity contribution >= 4 is 10.0 Å². The molecular weight excluding hydrogens is 326 g/mol. The van der Waals surface area contributed by atoms with Crippen LogP contribution in [0.4, 0.5) is 0 Å². The Labute approximate surface area is 145 Å². The van der Waals surface area contributed by atoms with Crippen LogP contribution in [-0.2, 0) is 14.8 Å². The second-order valence-electron chi connectivity index (χ2n) is 6.43. The lowest BCUT2D eigenvalue weighted by Gasteiger charge is -2.38. The summed E-state index contributed by atoms with van der Waals surface area (Å²) in [5.74, 6) is -0.00709. The number of likely N-dealkylation sites (N-methyl/N-ethyl adjacent to an activating group) is 1. The average Bonchev–Trinajstić information content (AvgIpc) is 2.56. The van der Waals surface area contributed by atoms with Crippen LogP contribution >= 0.6 is 0 Å². The van der Waals surface area contributed by atoms with Gasteiger partial charge in [0.2, 0.25) is 10.0 Å². The van der Waals surface area contributed by atoms with Crippen LogP contribution in [-0.4, -0.2) is 77.5 Å². The number of benzene rings is 1. The van der Waals surface area contributed by atoms with E-state index in [0.29, 0.717) is 6.54 Å². The third-order valence-electron chi connectivity index (χ3n) is 4.49. The van der Waals surface area contributed by atoms with E-state index in [9.17, 15) is 8.42 Å². The number of hydrogen-bond donors (Lipinski definition) is 1. The minimum atomic E-state index is -3.32. The summed E-state index contributed by atoms with van der Waals surface area (Å²) in [6.07, 6.45) is 0. The molecule has 0 aromatic heterocycles. The van der Waals surface area contributed by atoms with Crippen LogP contribution in [0, 0.1) is 6.92 Å². The molecule has 136 valence electrons. The number of piperazine rings is 1. The first kappa shape index (κ1) is 19.3. The molecule has 0 saturated carbocycles. The number of ether oxygens (including phenoxy) is 1. The summed E-state index contributed by atoms with van der Waals surface area (Å²) in [7, 11) is 0.309. The molecule has 0 spiro atoms. The first-order valence-electron chi connectivity index (χ1n) is 8.37. The summed E-state index contributed by atoms with van der Waals surface area (Å²) in [4.78, 5) is 4.66. The van der Waals surface area contributed by atoms with Crippen molar-refractivity contribution in [1.82, 2.24) is 14.5 Å². The molecule has 7 heteroatoms. The standard InChI is InChI=1S/C17H29N3O3S/c1-15-4-6-16(7-5-15)17(20-10-8-19(2)9-11-20)14-18-24(21,22)13-12-23-3/h4-7,17-18H,8-14H2,1-3H3. The van der Waals surface area contributed by atoms with Crippen molar-refractivity contribution in [2.24, 2.45) is 0 Å². The number of rotatable bonds is 8. The molecule has 24 heavy (non-hydrogen) atoms. The zero-order valence-corrected chi connectivity index (χ0v) is 15.7. The van der Waals surface area contributed by atoms with Gasteiger partial charge in [0, 0.05) is 45.9 Å². The van der Waals surface area contributed by atoms with Crippen LogP contribution in [0.25, 0.3) is 0 Å². The maximum atomic E-state index is 12.1. The Hall–Kier alpha value is -0.990. The molecule has 1 unspecified atom stereocenters. The average molecular weight is 356 g/mol. The van der Waals surface area contributed by atoms with Crippen molar-refractivity contribution in [3.05, 3.63) is 35.4 Å². The van der Waals surface area contributed by atoms with Gasteiger partial charge < -0.3 is 9.64 Å². The number of aryl methyl sites for hydroxylation is 1. The molecule has 1 fully saturated rings. The van der Waals surface area contributed by atoms with Crippen molar-refractivity contribution in [1.29, 1.82) is 0 Å². The van der Waals surface area contributed by atoms with Gasteiger partial charge in [0.15, 0.2) is 0 Å². The summed E-state index contributed by atoms with van der Waals surface area (Å²) in [5.41, 5.74) is 2.36. The van der Waals surface area contributed by atoms with E-state index in [4.69, 9.17) is 4.74 Å². The van der Waals surface area contributed by atoms with Crippen LogP contribution < -0.4 is 4.72 Å². The Morgan fingerprint density at radius 1 is 1.17 bits per heavy atom. The minimum Gasteiger partial charge on any atom is -0.384 e. The number of nitrogens with zero attached hydrogens (tertiary/aromatic N) is 2. The molecule has 2 rings (SSSR count). The first-order valence-corrected chi connectivity index (χ1v) is 10.0. The molecule has 1 heterocycles. The number of nitrogens with one attached hydrogen (secondary N) is 1. The van der Waals surface area contributed by atoms with E-state index in [-0.39, 0.29) is 18.4 Å². The first-order chi connectivity index (χ1) is 11.4. The van der Waals surface area contributed by atoms with Crippen LogP contribution in [0.2, 0.25) is 0 Å². The predicted octanol–water partition coefficient (Wildman–Crippen LogP) is 0.849. The van der Waals surface area contributed by atoms with Gasteiger partial charge in [0.1, 0.15) is 0 Å². The van der Waals surface area contributed by atoms with Crippen molar-refractivity contribution in [3.63, 3.8) is 0 Å². The number of hydrogen-bond acceptors (Lipinski definition) is 5. The minimum absolute atomic E-state index is 0.00709. The molecule has 6 nitrogen and oxygen atoms in total. The second-order valence-corrected chi connectivity index (χ2v) is 8.35. The van der Waals surface area contributed by atoms with E-state index in [0.717, 1.165) is 31.7 Å². The van der Waals surface area contributed by atoms with Gasteiger partial charge in [-0.25, -0.2) is 13.1 Å². The highest BCUT2D eigenvalue weighted by atomic mass is 32.2. The van der Waals surface area contributed by atoms with E-state index < -0.39 is 10.0 Å². The smallest absolute Gasteiger partial charge is 0.213 e. The van der Waals surface area contributed by atoms with E-state index in [1.807, 2.05) is 0 Å². The number of sulfonamides is 1. The lowest BCUT2D eigenvalue weighted by atomic mass is 10.0. The summed E-state index contributed by atoms with van der Waals surface area (Å²) >= 11 is 0. The highest BCUT2D eigenvalue weighted by molar-refractivity contribution is 7.89. The maximum absolute atomic E-state index is 12.1. The van der Waals surface area contributed by atoms with E-state index in [2.05, 4.69) is 52.8 Å². The summed E-state index contributed by atoms with van der Waals surface area (Å²) < 4.78 is 31.8. The third-order valence-corrected chi connectivity index (χ3v) is 5.80. The van der Waals surface area contributed by atoms with Crippen LogP contribution in [0.1, 0.15) is 17.2 Å². The molecule has 0 amide bonds. The molecule has 0 radical (unpaired) electrons. The van der Waals surface area contributed by atoms with Crippen molar-refractivity contribution < 1.29 is 13.2 Å². The summed E-state index contributed by atoms with van der Waals surface area (Å²) in [6.45, 7) is 6.53. The van der Waals surface area contributed by atoms with Gasteiger partial charge in [-0.1, -0.05) is 29.8 Å². The lowest BCUT2D eigenvalue weighted by molar-refractivity contribution is 0.113. The predicted molar refractivity (Wildman–Crippen MR) is 96.7 cm³/mol. The summed E-state index contributed by atoms with van der Waals surface area (Å²) in [6, 6.07) is 8.41. The fraction of sp³-hybridized carbons (Fsp3) is 0.647. The summed E-state index contributed by atoms with van der Waals surface area (Å²) in [5, 5.41) is 0. The molecular formula is C17H29N3O3S. The molecule has 0 bridgehead atoms. The molecule has 1 aliphatic rings. The van der Waals surface area contributed by atoms with Crippen LogP contribution in [0.5, 0.6) is 0 Å². The third kappa shape index (κ3) is 5.82. The highest BCUT2D eigenvalue weighted by Crippen LogP contribution is 2.22. The van der Waals surface area contributed by atoms with Crippen LogP contribution in [0.15, 0.2) is 24.3 Å². The Balaban J connectivity index is 2.09. The number of methoxy groups -OCH3 is 1. The molecule has 1 aliphatic heterocycles. The lowest BCUT2D eigenvalue weighted by Crippen LogP contribution is -2.48. The second kappa shape index (κ2) is 8.92. The fourth-order valence-corrected chi connectivity index (χ4v) is 3.79. The zero-order valence-electron chi connectivity index (χ0n) is 14.9. The van der Waals surface area contributed by atoms with Crippen molar-refractivity contribution in [2.45, 2.75) is 13.0 Å². The largest absolute Gasteiger partial charge is 0.384 e. The Kier molecular flexibility index (Phi) is 7.18. The molecule has 1 saturated heterocycles. The van der Waals surface area contributed by atoms with E-state index in [1.165, 1.54) is 12.7 Å². The Bertz CT molecular complexity index is 596. The van der Waals surface area contributed by atoms with E-state index in [1.54, 1.807) is 0 Å². The van der Waals surface area contributed by atoms with Gasteiger partial charge in [-0.2, -0.15) is 0 Å². The topological polar surface area (TPSA) is 61.9 Å². The van der Waals surface area contributed by atoms with Crippen molar-refractivity contribution in [3.8, 4) is 0 Å². The van der Waals surface area contributed by atoms with Gasteiger partial charge in [-0.05, 0) is 19.5 Å². The molecule has 1 atom stereocenters. The highest BCUT2D eigenvalue weighted by Gasteiger charge is 2.25. The van der Waals surface area contributed by atoms with Gasteiger partial charge in [0.05, 0.1) is 12.4 Å². The zero-order chi connectivity index (χ0) is 17.6. The monoisotopic (exact) mass is 355 g/mol. The molecule has 0 aliphatic carbocycles. The SMILES string of the molecule is COCCS(=O)(=O)NCC(c1ccc(C)cc1)N1CCN(C)CC1. The van der Waals surface area contributed by atoms with Gasteiger partial charge in [-0.15, -0.1) is 0 Å². The quantitative estimate of drug-likeness (QED) is 0.749. The fourth-order valence-electron chi connectivity index (χ4n) is 2.85. The van der Waals surface area contributed by atoms with Gasteiger partial charge >= 0.3 is 0 Å². The molecule has 1 aromatic rings. The van der Waals surface area contributed by atoms with Gasteiger partial charge in [-0.3, -0.25) is 4.90 Å². The molecule has 1 N–H and O–H groups in total. The van der Waals surface area contributed by atoms with Crippen molar-refractivity contribution in [2.75, 3.05) is 59.2 Å². The maximum Gasteiger partial charge on any atom is 0.213 e. The normalized spacial score (nSPS) is 18.6.